The molecule has 1 aliphatic carbocycles. The van der Waals surface area contributed by atoms with E-state index in [0.29, 0.717) is 18.5 Å². The average molecular weight is 414 g/mol. The molecule has 1 aromatic rings. The number of nitrogens with two attached hydrogens (primary N) is 1. The van der Waals surface area contributed by atoms with Crippen LogP contribution in [-0.4, -0.2) is 43.2 Å². The Bertz CT molecular complexity index is 919. The number of benzene rings is 1. The number of sulfonamides is 1. The third kappa shape index (κ3) is 3.07. The first kappa shape index (κ1) is 18.5. The fraction of sp³-hybridized carbons (Fsp3) is 0.529. The van der Waals surface area contributed by atoms with Gasteiger partial charge in [-0.05, 0) is 31.2 Å². The molecule has 0 aromatic heterocycles. The van der Waals surface area contributed by atoms with Crippen LogP contribution in [0.25, 0.3) is 0 Å². The van der Waals surface area contributed by atoms with E-state index < -0.39 is 22.0 Å². The molecule has 27 heavy (non-hydrogen) atoms. The van der Waals surface area contributed by atoms with Gasteiger partial charge in [0, 0.05) is 12.1 Å². The maximum absolute atomic E-state index is 13.5. The molecule has 4 rings (SSSR count). The average Bonchev–Trinajstić information content (AvgIpc) is 3.01. The van der Waals surface area contributed by atoms with Gasteiger partial charge in [-0.1, -0.05) is 24.4 Å². The Labute approximate surface area is 162 Å². The highest BCUT2D eigenvalue weighted by molar-refractivity contribution is 7.89. The van der Waals surface area contributed by atoms with Crippen LogP contribution in [-0.2, 0) is 19.6 Å². The molecule has 0 unspecified atom stereocenters. The molecule has 2 heterocycles. The van der Waals surface area contributed by atoms with Crippen LogP contribution in [0.3, 0.4) is 0 Å². The maximum atomic E-state index is 13.5. The Morgan fingerprint density at radius 3 is 2.78 bits per heavy atom. The predicted octanol–water partition coefficient (Wildman–Crippen LogP) is 1.48. The lowest BCUT2D eigenvalue weighted by atomic mass is 9.85. The first-order valence-corrected chi connectivity index (χ1v) is 10.7. The number of carbonyl (C=O) groups is 2. The van der Waals surface area contributed by atoms with Crippen molar-refractivity contribution < 1.29 is 22.7 Å². The lowest BCUT2D eigenvalue weighted by Crippen LogP contribution is -2.48. The van der Waals surface area contributed by atoms with E-state index in [1.165, 1.54) is 16.4 Å². The number of hydrogen-bond donors (Lipinski definition) is 2. The Morgan fingerprint density at radius 2 is 2.04 bits per heavy atom. The van der Waals surface area contributed by atoms with Crippen LogP contribution in [0.5, 0.6) is 5.75 Å². The van der Waals surface area contributed by atoms with E-state index in [1.54, 1.807) is 0 Å². The van der Waals surface area contributed by atoms with Crippen LogP contribution in [0.1, 0.15) is 32.1 Å². The predicted molar refractivity (Wildman–Crippen MR) is 97.9 cm³/mol. The van der Waals surface area contributed by atoms with Gasteiger partial charge in [-0.25, -0.2) is 8.42 Å². The third-order valence-corrected chi connectivity index (χ3v) is 7.98. The van der Waals surface area contributed by atoms with E-state index in [0.717, 1.165) is 19.3 Å². The number of carbonyl (C=O) groups excluding carboxylic acids is 2. The molecule has 146 valence electrons. The second-order valence-corrected chi connectivity index (χ2v) is 9.44. The molecule has 10 heteroatoms. The Balaban J connectivity index is 1.78. The summed E-state index contributed by atoms with van der Waals surface area (Å²) in [4.78, 5) is 23.3. The van der Waals surface area contributed by atoms with Gasteiger partial charge in [-0.2, -0.15) is 4.31 Å². The maximum Gasteiger partial charge on any atom is 0.262 e. The number of primary amides is 1. The van der Waals surface area contributed by atoms with Crippen molar-refractivity contribution in [3.8, 4) is 5.75 Å². The molecule has 3 N–H and O–H groups in total. The minimum Gasteiger partial charge on any atom is -0.482 e. The van der Waals surface area contributed by atoms with Crippen molar-refractivity contribution in [1.82, 2.24) is 4.31 Å². The zero-order chi connectivity index (χ0) is 19.3. The Hall–Kier alpha value is -1.84. The topological polar surface area (TPSA) is 119 Å². The molecule has 3 atom stereocenters. The number of fused-ring (bicyclic) bond motifs is 2. The molecule has 8 nitrogen and oxygen atoms in total. The van der Waals surface area contributed by atoms with Gasteiger partial charge in [0.05, 0.1) is 10.7 Å². The highest BCUT2D eigenvalue weighted by Crippen LogP contribution is 2.45. The molecule has 1 saturated heterocycles. The van der Waals surface area contributed by atoms with Gasteiger partial charge in [-0.15, -0.1) is 0 Å². The summed E-state index contributed by atoms with van der Waals surface area (Å²) in [5.41, 5.74) is 5.85. The summed E-state index contributed by atoms with van der Waals surface area (Å²) < 4.78 is 33.5. The largest absolute Gasteiger partial charge is 0.482 e. The second-order valence-electron chi connectivity index (χ2n) is 7.22. The minimum absolute atomic E-state index is 0.0398. The smallest absolute Gasteiger partial charge is 0.262 e. The van der Waals surface area contributed by atoms with Crippen LogP contribution >= 0.6 is 11.6 Å². The molecule has 0 spiro atoms. The normalized spacial score (nSPS) is 28.0. The molecule has 2 fully saturated rings. The number of amides is 2. The number of nitrogens with one attached hydrogen (secondary N) is 1. The SMILES string of the molecule is NC(=O)[C@@H]1C[C@@H]2CCCC[C@H]2N1S(=O)(=O)c1cc2c(cc1Cl)NC(=O)CO2. The minimum atomic E-state index is -4.07. The van der Waals surface area contributed by atoms with E-state index in [-0.39, 0.29) is 40.1 Å². The van der Waals surface area contributed by atoms with Gasteiger partial charge < -0.3 is 15.8 Å². The van der Waals surface area contributed by atoms with E-state index in [2.05, 4.69) is 5.32 Å². The summed E-state index contributed by atoms with van der Waals surface area (Å²) in [7, 11) is -4.07. The summed E-state index contributed by atoms with van der Waals surface area (Å²) in [6.07, 6.45) is 3.95. The number of hydrogen-bond acceptors (Lipinski definition) is 5. The third-order valence-electron chi connectivity index (χ3n) is 5.58. The van der Waals surface area contributed by atoms with E-state index >= 15 is 0 Å². The van der Waals surface area contributed by atoms with Crippen molar-refractivity contribution in [3.05, 3.63) is 17.2 Å². The highest BCUT2D eigenvalue weighted by Gasteiger charge is 2.51. The molecular formula is C17H20ClN3O5S. The van der Waals surface area contributed by atoms with Gasteiger partial charge in [0.2, 0.25) is 15.9 Å². The number of ether oxygens (including phenoxy) is 1. The Kier molecular flexibility index (Phi) is 4.56. The summed E-state index contributed by atoms with van der Waals surface area (Å²) in [6, 6.07) is 1.53. The second kappa shape index (κ2) is 6.65. The van der Waals surface area contributed by atoms with Crippen LogP contribution in [0.15, 0.2) is 17.0 Å². The van der Waals surface area contributed by atoms with Gasteiger partial charge in [-0.3, -0.25) is 9.59 Å². The summed E-state index contributed by atoms with van der Waals surface area (Å²) in [6.45, 7) is -0.202. The van der Waals surface area contributed by atoms with Crippen LogP contribution in [0, 0.1) is 5.92 Å². The van der Waals surface area contributed by atoms with Crippen molar-refractivity contribution in [1.29, 1.82) is 0 Å². The number of rotatable bonds is 3. The van der Waals surface area contributed by atoms with Crippen LogP contribution in [0.4, 0.5) is 5.69 Å². The number of halogens is 1. The molecule has 3 aliphatic rings. The lowest BCUT2D eigenvalue weighted by molar-refractivity contribution is -0.121. The summed E-state index contributed by atoms with van der Waals surface area (Å²) in [5.74, 6) is -0.635. The fourth-order valence-electron chi connectivity index (χ4n) is 4.40. The van der Waals surface area contributed by atoms with Crippen LogP contribution in [0.2, 0.25) is 5.02 Å². The Morgan fingerprint density at radius 1 is 1.30 bits per heavy atom. The molecule has 0 radical (unpaired) electrons. The lowest BCUT2D eigenvalue weighted by Gasteiger charge is -2.32. The van der Waals surface area contributed by atoms with E-state index in [4.69, 9.17) is 22.1 Å². The highest BCUT2D eigenvalue weighted by atomic mass is 35.5. The van der Waals surface area contributed by atoms with Gasteiger partial charge in [0.1, 0.15) is 16.7 Å². The molecule has 1 aromatic carbocycles. The van der Waals surface area contributed by atoms with Gasteiger partial charge in [0.15, 0.2) is 6.61 Å². The first-order chi connectivity index (χ1) is 12.8. The van der Waals surface area contributed by atoms with Crippen molar-refractivity contribution in [2.45, 2.75) is 49.1 Å². The van der Waals surface area contributed by atoms with E-state index in [9.17, 15) is 18.0 Å². The molecule has 1 saturated carbocycles. The zero-order valence-corrected chi connectivity index (χ0v) is 16.1. The standard InChI is InChI=1S/C17H20ClN3O5S/c18-10-6-11-14(26-8-16(22)20-11)7-15(10)27(24,25)21-12-4-2-1-3-9(12)5-13(21)17(19)23/h6-7,9,12-13H,1-5,8H2,(H2,19,23)(H,20,22)/t9-,12+,13-/m0/s1. The number of nitrogens with zero attached hydrogens (tertiary/aromatic N) is 1. The molecular weight excluding hydrogens is 394 g/mol. The zero-order valence-electron chi connectivity index (χ0n) is 14.5. The monoisotopic (exact) mass is 413 g/mol. The molecule has 2 aliphatic heterocycles. The quantitative estimate of drug-likeness (QED) is 0.777. The first-order valence-electron chi connectivity index (χ1n) is 8.88. The fourth-order valence-corrected chi connectivity index (χ4v) is 6.80. The molecule has 2 amide bonds. The molecule has 0 bridgehead atoms. The van der Waals surface area contributed by atoms with Crippen molar-refractivity contribution >= 4 is 39.1 Å². The van der Waals surface area contributed by atoms with Crippen LogP contribution < -0.4 is 15.8 Å². The summed E-state index contributed by atoms with van der Waals surface area (Å²) >= 11 is 6.25. The van der Waals surface area contributed by atoms with Gasteiger partial charge >= 0.3 is 0 Å². The van der Waals surface area contributed by atoms with Crippen molar-refractivity contribution in [3.63, 3.8) is 0 Å². The van der Waals surface area contributed by atoms with Crippen molar-refractivity contribution in [2.24, 2.45) is 11.7 Å². The van der Waals surface area contributed by atoms with E-state index in [1.807, 2.05) is 0 Å². The summed E-state index contributed by atoms with van der Waals surface area (Å²) in [5, 5.41) is 2.55. The van der Waals surface area contributed by atoms with Gasteiger partial charge in [0.25, 0.3) is 5.91 Å². The number of anilines is 1. The van der Waals surface area contributed by atoms with Crippen molar-refractivity contribution in [2.75, 3.05) is 11.9 Å².